The molecule has 25 heavy (non-hydrogen) atoms. The lowest BCUT2D eigenvalue weighted by molar-refractivity contribution is -0.148. The molecule has 1 unspecified atom stereocenters. The zero-order valence-corrected chi connectivity index (χ0v) is 16.4. The van der Waals surface area contributed by atoms with Gasteiger partial charge in [0.1, 0.15) is 6.10 Å². The van der Waals surface area contributed by atoms with E-state index >= 15 is 0 Å². The third-order valence-corrected chi connectivity index (χ3v) is 10.1. The Bertz CT molecular complexity index is 696. The van der Waals surface area contributed by atoms with Crippen molar-refractivity contribution in [3.8, 4) is 0 Å². The van der Waals surface area contributed by atoms with Crippen molar-refractivity contribution < 1.29 is 9.53 Å². The topological polar surface area (TPSA) is 26.3 Å². The summed E-state index contributed by atoms with van der Waals surface area (Å²) >= 11 is 0. The smallest absolute Gasteiger partial charge is 0.302 e. The largest absolute Gasteiger partial charge is 0.463 e. The molecule has 2 aromatic rings. The third kappa shape index (κ3) is 4.21. The van der Waals surface area contributed by atoms with Crippen LogP contribution in [0.4, 0.5) is 0 Å². The minimum atomic E-state index is -1.64. The number of hydrogen-bond donors (Lipinski definition) is 0. The Morgan fingerprint density at radius 2 is 1.52 bits per heavy atom. The van der Waals surface area contributed by atoms with Gasteiger partial charge in [-0.3, -0.25) is 4.79 Å². The molecule has 0 saturated heterocycles. The maximum atomic E-state index is 11.6. The van der Waals surface area contributed by atoms with E-state index in [2.05, 4.69) is 73.8 Å². The summed E-state index contributed by atoms with van der Waals surface area (Å²) in [6.45, 7) is 6.46. The van der Waals surface area contributed by atoms with Gasteiger partial charge in [0, 0.05) is 6.92 Å². The van der Waals surface area contributed by atoms with Crippen LogP contribution in [-0.2, 0) is 9.53 Å². The Morgan fingerprint density at radius 3 is 2.12 bits per heavy atom. The van der Waals surface area contributed by atoms with Gasteiger partial charge in [0.2, 0.25) is 0 Å². The van der Waals surface area contributed by atoms with Gasteiger partial charge in [-0.05, 0) is 36.3 Å². The molecule has 0 aromatic heterocycles. The van der Waals surface area contributed by atoms with Crippen LogP contribution in [0.2, 0.25) is 18.6 Å². The quantitative estimate of drug-likeness (QED) is 0.579. The van der Waals surface area contributed by atoms with Gasteiger partial charge in [0.05, 0.1) is 8.07 Å². The standard InChI is InChI=1S/C22H28O2Si/c1-17(23)24-20-14-19(18-10-6-4-7-11-18)15-22(16-20)25(2,3)21-12-8-5-9-13-21/h4-13,19-20,22H,14-16H2,1-3H3/t19-,20?,22+/m0/s1. The number of carbonyl (C=O) groups excluding carboxylic acids is 1. The second-order valence-corrected chi connectivity index (χ2v) is 12.7. The summed E-state index contributed by atoms with van der Waals surface area (Å²) in [5.74, 6) is 0.316. The molecule has 0 aliphatic heterocycles. The average molecular weight is 353 g/mol. The van der Waals surface area contributed by atoms with E-state index in [9.17, 15) is 4.79 Å². The Morgan fingerprint density at radius 1 is 0.920 bits per heavy atom. The fourth-order valence-electron chi connectivity index (χ4n) is 4.29. The van der Waals surface area contributed by atoms with E-state index in [4.69, 9.17) is 4.74 Å². The highest BCUT2D eigenvalue weighted by molar-refractivity contribution is 6.91. The van der Waals surface area contributed by atoms with Crippen molar-refractivity contribution in [1.82, 2.24) is 0 Å². The molecule has 1 saturated carbocycles. The van der Waals surface area contributed by atoms with Crippen LogP contribution in [0.5, 0.6) is 0 Å². The number of hydrogen-bond acceptors (Lipinski definition) is 2. The molecule has 0 radical (unpaired) electrons. The molecule has 0 N–H and O–H groups in total. The molecule has 2 nitrogen and oxygen atoms in total. The second-order valence-electron chi connectivity index (χ2n) is 7.83. The van der Waals surface area contributed by atoms with Gasteiger partial charge in [0.15, 0.2) is 0 Å². The predicted molar refractivity (Wildman–Crippen MR) is 106 cm³/mol. The van der Waals surface area contributed by atoms with Crippen molar-refractivity contribution in [2.24, 2.45) is 0 Å². The van der Waals surface area contributed by atoms with E-state index in [-0.39, 0.29) is 12.1 Å². The maximum absolute atomic E-state index is 11.6. The molecule has 0 spiro atoms. The number of carbonyl (C=O) groups is 1. The van der Waals surface area contributed by atoms with E-state index < -0.39 is 8.07 Å². The van der Waals surface area contributed by atoms with E-state index in [1.165, 1.54) is 24.1 Å². The van der Waals surface area contributed by atoms with E-state index in [1.807, 2.05) is 0 Å². The number of ether oxygens (including phenoxy) is 1. The monoisotopic (exact) mass is 352 g/mol. The molecular formula is C22H28O2Si. The molecule has 3 rings (SSSR count). The lowest BCUT2D eigenvalue weighted by Crippen LogP contribution is -2.49. The van der Waals surface area contributed by atoms with Crippen molar-refractivity contribution in [1.29, 1.82) is 0 Å². The van der Waals surface area contributed by atoms with E-state index in [0.29, 0.717) is 11.5 Å². The minimum absolute atomic E-state index is 0.0388. The van der Waals surface area contributed by atoms with Crippen LogP contribution in [0, 0.1) is 0 Å². The van der Waals surface area contributed by atoms with Crippen molar-refractivity contribution in [3.05, 3.63) is 66.2 Å². The van der Waals surface area contributed by atoms with Crippen LogP contribution in [-0.4, -0.2) is 20.1 Å². The second kappa shape index (κ2) is 7.57. The van der Waals surface area contributed by atoms with Gasteiger partial charge >= 0.3 is 5.97 Å². The van der Waals surface area contributed by atoms with Gasteiger partial charge < -0.3 is 4.74 Å². The summed E-state index contributed by atoms with van der Waals surface area (Å²) in [4.78, 5) is 11.6. The summed E-state index contributed by atoms with van der Waals surface area (Å²) in [6, 6.07) is 21.6. The summed E-state index contributed by atoms with van der Waals surface area (Å²) in [5.41, 5.74) is 1.99. The van der Waals surface area contributed by atoms with Crippen LogP contribution >= 0.6 is 0 Å². The Labute approximate surface area is 152 Å². The third-order valence-electron chi connectivity index (χ3n) is 5.81. The molecule has 3 heteroatoms. The predicted octanol–water partition coefficient (Wildman–Crippen LogP) is 4.87. The lowest BCUT2D eigenvalue weighted by atomic mass is 9.82. The molecule has 0 amide bonds. The number of rotatable bonds is 4. The first-order chi connectivity index (χ1) is 12.0. The summed E-state index contributed by atoms with van der Waals surface area (Å²) in [7, 11) is -1.64. The highest BCUT2D eigenvalue weighted by Gasteiger charge is 2.41. The fraction of sp³-hybridized carbons (Fsp3) is 0.409. The van der Waals surface area contributed by atoms with Gasteiger partial charge in [-0.25, -0.2) is 0 Å². The molecule has 0 heterocycles. The number of benzene rings is 2. The first kappa shape index (κ1) is 17.9. The lowest BCUT2D eigenvalue weighted by Gasteiger charge is -2.42. The van der Waals surface area contributed by atoms with Crippen molar-refractivity contribution in [2.45, 2.75) is 56.8 Å². The highest BCUT2D eigenvalue weighted by atomic mass is 28.3. The van der Waals surface area contributed by atoms with Crippen molar-refractivity contribution >= 4 is 19.2 Å². The van der Waals surface area contributed by atoms with Crippen LogP contribution in [0.25, 0.3) is 0 Å². The maximum Gasteiger partial charge on any atom is 0.302 e. The molecule has 0 bridgehead atoms. The average Bonchev–Trinajstić information content (AvgIpc) is 2.62. The Hall–Kier alpha value is -1.87. The molecular weight excluding hydrogens is 324 g/mol. The van der Waals surface area contributed by atoms with Crippen LogP contribution in [0.1, 0.15) is 37.7 Å². The molecule has 2 aromatic carbocycles. The normalized spacial score (nSPS) is 23.9. The molecule has 3 atom stereocenters. The van der Waals surface area contributed by atoms with Crippen molar-refractivity contribution in [3.63, 3.8) is 0 Å². The van der Waals surface area contributed by atoms with Gasteiger partial charge in [-0.15, -0.1) is 0 Å². The zero-order chi connectivity index (χ0) is 17.9. The summed E-state index contributed by atoms with van der Waals surface area (Å²) in [6.07, 6.45) is 3.17. The van der Waals surface area contributed by atoms with Crippen molar-refractivity contribution in [2.75, 3.05) is 0 Å². The summed E-state index contributed by atoms with van der Waals surface area (Å²) < 4.78 is 5.69. The van der Waals surface area contributed by atoms with Gasteiger partial charge in [-0.1, -0.05) is 78.9 Å². The molecule has 1 aliphatic rings. The first-order valence-electron chi connectivity index (χ1n) is 9.24. The SMILES string of the molecule is CC(=O)OC1C[C@H](c2ccccc2)C[C@@H]([Si](C)(C)c2ccccc2)C1. The van der Waals surface area contributed by atoms with E-state index in [0.717, 1.165) is 12.8 Å². The Kier molecular flexibility index (Phi) is 5.43. The minimum Gasteiger partial charge on any atom is -0.463 e. The Balaban J connectivity index is 1.88. The molecule has 1 aliphatic carbocycles. The highest BCUT2D eigenvalue weighted by Crippen LogP contribution is 2.45. The van der Waals surface area contributed by atoms with E-state index in [1.54, 1.807) is 0 Å². The first-order valence-corrected chi connectivity index (χ1v) is 12.3. The van der Waals surface area contributed by atoms with Gasteiger partial charge in [0.25, 0.3) is 0 Å². The van der Waals surface area contributed by atoms with Crippen LogP contribution in [0.15, 0.2) is 60.7 Å². The summed E-state index contributed by atoms with van der Waals surface area (Å²) in [5, 5.41) is 1.50. The van der Waals surface area contributed by atoms with Crippen LogP contribution in [0.3, 0.4) is 0 Å². The zero-order valence-electron chi connectivity index (χ0n) is 15.4. The fourth-order valence-corrected chi connectivity index (χ4v) is 7.54. The molecule has 132 valence electrons. The number of esters is 1. The van der Waals surface area contributed by atoms with Crippen LogP contribution < -0.4 is 5.19 Å². The van der Waals surface area contributed by atoms with Gasteiger partial charge in [-0.2, -0.15) is 0 Å². The molecule has 1 fully saturated rings.